The van der Waals surface area contributed by atoms with E-state index in [0.717, 1.165) is 25.4 Å². The van der Waals surface area contributed by atoms with Gasteiger partial charge in [-0.2, -0.15) is 0 Å². The first-order chi connectivity index (χ1) is 8.62. The third-order valence-corrected chi connectivity index (χ3v) is 4.57. The molecule has 0 spiro atoms. The number of aryl methyl sites for hydroxylation is 1. The lowest BCUT2D eigenvalue weighted by molar-refractivity contribution is 0.0891. The van der Waals surface area contributed by atoms with Crippen LogP contribution in [0.1, 0.15) is 37.3 Å². The van der Waals surface area contributed by atoms with Gasteiger partial charge in [0.25, 0.3) is 0 Å². The first-order valence-corrected chi connectivity index (χ1v) is 7.09. The Kier molecular flexibility index (Phi) is 4.08. The zero-order chi connectivity index (χ0) is 13.2. The lowest BCUT2D eigenvalue weighted by Gasteiger charge is -2.41. The Morgan fingerprint density at radius 3 is 2.61 bits per heavy atom. The molecule has 0 saturated heterocycles. The summed E-state index contributed by atoms with van der Waals surface area (Å²) in [7, 11) is 2.23. The number of rotatable bonds is 6. The van der Waals surface area contributed by atoms with Gasteiger partial charge in [-0.1, -0.05) is 36.8 Å². The van der Waals surface area contributed by atoms with E-state index in [9.17, 15) is 0 Å². The highest BCUT2D eigenvalue weighted by Gasteiger charge is 2.45. The molecule has 2 heteroatoms. The fraction of sp³-hybridized carbons (Fsp3) is 0.625. The fourth-order valence-corrected chi connectivity index (χ4v) is 3.20. The summed E-state index contributed by atoms with van der Waals surface area (Å²) in [5.41, 5.74) is 9.04. The molecular weight excluding hydrogens is 220 g/mol. The molecule has 2 rings (SSSR count). The lowest BCUT2D eigenvalue weighted by atomic mass is 9.88. The highest BCUT2D eigenvalue weighted by molar-refractivity contribution is 5.22. The van der Waals surface area contributed by atoms with E-state index in [0.29, 0.717) is 0 Å². The van der Waals surface area contributed by atoms with E-state index in [4.69, 9.17) is 5.73 Å². The Hall–Kier alpha value is -0.860. The number of nitrogens with two attached hydrogens (primary N) is 1. The largest absolute Gasteiger partial charge is 0.329 e. The van der Waals surface area contributed by atoms with Crippen LogP contribution in [0.5, 0.6) is 0 Å². The highest BCUT2D eigenvalue weighted by Crippen LogP contribution is 2.44. The summed E-state index contributed by atoms with van der Waals surface area (Å²) in [5, 5.41) is 0. The van der Waals surface area contributed by atoms with Crippen molar-refractivity contribution >= 4 is 0 Å². The predicted octanol–water partition coefficient (Wildman–Crippen LogP) is 2.94. The van der Waals surface area contributed by atoms with E-state index in [2.05, 4.69) is 50.1 Å². The van der Waals surface area contributed by atoms with E-state index >= 15 is 0 Å². The molecule has 2 N–H and O–H groups in total. The van der Waals surface area contributed by atoms with Crippen LogP contribution in [0.15, 0.2) is 24.3 Å². The molecule has 0 heterocycles. The average molecular weight is 246 g/mol. The van der Waals surface area contributed by atoms with Crippen LogP contribution in [-0.4, -0.2) is 24.0 Å². The van der Waals surface area contributed by atoms with Gasteiger partial charge in [-0.05, 0) is 44.7 Å². The number of benzene rings is 1. The summed E-state index contributed by atoms with van der Waals surface area (Å²) in [6, 6.07) is 8.79. The Morgan fingerprint density at radius 2 is 2.11 bits per heavy atom. The fourth-order valence-electron chi connectivity index (χ4n) is 3.20. The number of hydrogen-bond acceptors (Lipinski definition) is 2. The van der Waals surface area contributed by atoms with Crippen LogP contribution in [0.4, 0.5) is 0 Å². The summed E-state index contributed by atoms with van der Waals surface area (Å²) in [6.45, 7) is 6.21. The van der Waals surface area contributed by atoms with Crippen LogP contribution in [0.25, 0.3) is 0 Å². The summed E-state index contributed by atoms with van der Waals surface area (Å²) in [4.78, 5) is 2.49. The molecule has 1 aliphatic carbocycles. The molecule has 0 aromatic heterocycles. The van der Waals surface area contributed by atoms with Crippen LogP contribution in [-0.2, 0) is 6.54 Å². The average Bonchev–Trinajstić information content (AvgIpc) is 3.16. The van der Waals surface area contributed by atoms with E-state index in [-0.39, 0.29) is 5.54 Å². The van der Waals surface area contributed by atoms with Crippen molar-refractivity contribution in [1.29, 1.82) is 0 Å². The summed E-state index contributed by atoms with van der Waals surface area (Å²) < 4.78 is 0. The molecule has 100 valence electrons. The summed E-state index contributed by atoms with van der Waals surface area (Å²) >= 11 is 0. The molecule has 0 amide bonds. The van der Waals surface area contributed by atoms with E-state index < -0.39 is 0 Å². The molecule has 1 aliphatic rings. The number of nitrogens with zero attached hydrogens (tertiary/aromatic N) is 1. The Balaban J connectivity index is 2.12. The monoisotopic (exact) mass is 246 g/mol. The molecule has 18 heavy (non-hydrogen) atoms. The van der Waals surface area contributed by atoms with Crippen molar-refractivity contribution in [2.45, 2.75) is 45.2 Å². The van der Waals surface area contributed by atoms with Gasteiger partial charge in [0.05, 0.1) is 0 Å². The molecule has 1 aromatic rings. The van der Waals surface area contributed by atoms with Crippen molar-refractivity contribution in [3.63, 3.8) is 0 Å². The molecule has 1 saturated carbocycles. The second kappa shape index (κ2) is 5.41. The van der Waals surface area contributed by atoms with Gasteiger partial charge < -0.3 is 5.73 Å². The van der Waals surface area contributed by atoms with Crippen molar-refractivity contribution in [3.05, 3.63) is 35.4 Å². The highest BCUT2D eigenvalue weighted by atomic mass is 15.2. The van der Waals surface area contributed by atoms with E-state index in [1.807, 2.05) is 0 Å². The van der Waals surface area contributed by atoms with Gasteiger partial charge in [0.2, 0.25) is 0 Å². The van der Waals surface area contributed by atoms with Gasteiger partial charge >= 0.3 is 0 Å². The molecule has 1 atom stereocenters. The Morgan fingerprint density at radius 1 is 1.39 bits per heavy atom. The molecule has 0 bridgehead atoms. The van der Waals surface area contributed by atoms with Gasteiger partial charge in [0, 0.05) is 18.6 Å². The van der Waals surface area contributed by atoms with Crippen LogP contribution >= 0.6 is 0 Å². The number of likely N-dealkylation sites (N-methyl/N-ethyl adjacent to an activating group) is 1. The molecule has 1 unspecified atom stereocenters. The Bertz CT molecular complexity index is 392. The van der Waals surface area contributed by atoms with E-state index in [1.165, 1.54) is 24.0 Å². The van der Waals surface area contributed by atoms with Crippen LogP contribution in [0.2, 0.25) is 0 Å². The van der Waals surface area contributed by atoms with Crippen molar-refractivity contribution in [1.82, 2.24) is 4.90 Å². The second-order valence-corrected chi connectivity index (χ2v) is 5.78. The smallest absolute Gasteiger partial charge is 0.0357 e. The van der Waals surface area contributed by atoms with Crippen molar-refractivity contribution in [2.75, 3.05) is 13.6 Å². The van der Waals surface area contributed by atoms with Crippen molar-refractivity contribution in [2.24, 2.45) is 11.7 Å². The maximum atomic E-state index is 6.10. The van der Waals surface area contributed by atoms with Gasteiger partial charge in [-0.15, -0.1) is 0 Å². The SMILES string of the molecule is CCC(CN)(C1CC1)N(C)Cc1cccc(C)c1. The molecule has 2 nitrogen and oxygen atoms in total. The molecule has 1 aromatic carbocycles. The Labute approximate surface area is 111 Å². The lowest BCUT2D eigenvalue weighted by Crippen LogP contribution is -2.53. The minimum atomic E-state index is 0.212. The van der Waals surface area contributed by atoms with Crippen LogP contribution < -0.4 is 5.73 Å². The minimum Gasteiger partial charge on any atom is -0.329 e. The second-order valence-electron chi connectivity index (χ2n) is 5.78. The molecule has 1 fully saturated rings. The summed E-state index contributed by atoms with van der Waals surface area (Å²) in [5.74, 6) is 0.808. The first-order valence-electron chi connectivity index (χ1n) is 7.09. The normalized spacial score (nSPS) is 18.9. The molecule has 0 aliphatic heterocycles. The van der Waals surface area contributed by atoms with Gasteiger partial charge in [0.1, 0.15) is 0 Å². The standard InChI is InChI=1S/C16H26N2/c1-4-16(12-17,15-8-9-15)18(3)11-14-7-5-6-13(2)10-14/h5-7,10,15H,4,8-9,11-12,17H2,1-3H3. The van der Waals surface area contributed by atoms with E-state index in [1.54, 1.807) is 0 Å². The van der Waals surface area contributed by atoms with Crippen LogP contribution in [0.3, 0.4) is 0 Å². The topological polar surface area (TPSA) is 29.3 Å². The maximum Gasteiger partial charge on any atom is 0.0357 e. The van der Waals surface area contributed by atoms with Crippen molar-refractivity contribution < 1.29 is 0 Å². The molecular formula is C16H26N2. The van der Waals surface area contributed by atoms with Crippen molar-refractivity contribution in [3.8, 4) is 0 Å². The predicted molar refractivity (Wildman–Crippen MR) is 77.4 cm³/mol. The first kappa shape index (κ1) is 13.6. The zero-order valence-corrected chi connectivity index (χ0v) is 11.9. The maximum absolute atomic E-state index is 6.10. The quantitative estimate of drug-likeness (QED) is 0.836. The van der Waals surface area contributed by atoms with Gasteiger partial charge in [-0.25, -0.2) is 0 Å². The number of hydrogen-bond donors (Lipinski definition) is 1. The summed E-state index contributed by atoms with van der Waals surface area (Å²) in [6.07, 6.45) is 3.85. The third kappa shape index (κ3) is 2.60. The van der Waals surface area contributed by atoms with Gasteiger partial charge in [-0.3, -0.25) is 4.90 Å². The van der Waals surface area contributed by atoms with Crippen LogP contribution in [0, 0.1) is 12.8 Å². The molecule has 0 radical (unpaired) electrons. The zero-order valence-electron chi connectivity index (χ0n) is 11.9. The minimum absolute atomic E-state index is 0.212. The third-order valence-electron chi connectivity index (χ3n) is 4.57. The van der Waals surface area contributed by atoms with Gasteiger partial charge in [0.15, 0.2) is 0 Å².